The summed E-state index contributed by atoms with van der Waals surface area (Å²) in [4.78, 5) is 29.7. The van der Waals surface area contributed by atoms with Crippen LogP contribution < -0.4 is 10.2 Å². The molecule has 8 heteroatoms. The van der Waals surface area contributed by atoms with Crippen molar-refractivity contribution in [1.82, 2.24) is 4.90 Å². The molecule has 1 N–H and O–H groups in total. The molecule has 2 aliphatic rings. The Bertz CT molecular complexity index is 978. The van der Waals surface area contributed by atoms with Crippen LogP contribution in [0.1, 0.15) is 52.0 Å². The quantitative estimate of drug-likeness (QED) is 0.757. The van der Waals surface area contributed by atoms with Crippen molar-refractivity contribution in [2.24, 2.45) is 0 Å². The second kappa shape index (κ2) is 8.61. The maximum atomic E-state index is 13.1. The zero-order valence-corrected chi connectivity index (χ0v) is 17.0. The monoisotopic (exact) mass is 431 g/mol. The van der Waals surface area contributed by atoms with Crippen molar-refractivity contribution in [3.63, 3.8) is 0 Å². The summed E-state index contributed by atoms with van der Waals surface area (Å²) in [5.41, 5.74) is 0.769. The van der Waals surface area contributed by atoms with Crippen molar-refractivity contribution < 1.29 is 22.8 Å². The summed E-state index contributed by atoms with van der Waals surface area (Å²) >= 11 is 0. The van der Waals surface area contributed by atoms with E-state index < -0.39 is 17.6 Å². The zero-order valence-electron chi connectivity index (χ0n) is 17.0. The first-order valence-corrected chi connectivity index (χ1v) is 10.5. The van der Waals surface area contributed by atoms with Crippen LogP contribution in [0.3, 0.4) is 0 Å². The molecule has 2 fully saturated rings. The first-order valence-electron chi connectivity index (χ1n) is 10.5. The van der Waals surface area contributed by atoms with E-state index in [4.69, 9.17) is 0 Å². The third kappa shape index (κ3) is 4.68. The first-order chi connectivity index (χ1) is 14.8. The number of anilines is 2. The number of nitrogens with zero attached hydrogens (tertiary/aromatic N) is 2. The Balaban J connectivity index is 1.60. The lowest BCUT2D eigenvalue weighted by molar-refractivity contribution is -0.137. The van der Waals surface area contributed by atoms with Crippen LogP contribution in [0.4, 0.5) is 24.5 Å². The highest BCUT2D eigenvalue weighted by atomic mass is 19.4. The molecule has 0 atom stereocenters. The molecule has 2 amide bonds. The molecule has 0 unspecified atom stereocenters. The fraction of sp³-hybridized carbons (Fsp3) is 0.391. The van der Waals surface area contributed by atoms with Gasteiger partial charge in [-0.1, -0.05) is 6.07 Å². The van der Waals surface area contributed by atoms with E-state index in [1.165, 1.54) is 12.1 Å². The van der Waals surface area contributed by atoms with Crippen LogP contribution in [-0.2, 0) is 6.18 Å². The predicted octanol–water partition coefficient (Wildman–Crippen LogP) is 4.79. The van der Waals surface area contributed by atoms with Gasteiger partial charge in [0.05, 0.1) is 11.1 Å². The molecule has 4 rings (SSSR count). The number of likely N-dealkylation sites (tertiary alicyclic amines) is 1. The molecule has 5 nitrogen and oxygen atoms in total. The fourth-order valence-corrected chi connectivity index (χ4v) is 4.15. The lowest BCUT2D eigenvalue weighted by atomic mass is 10.1. The van der Waals surface area contributed by atoms with Gasteiger partial charge in [0.2, 0.25) is 0 Å². The average molecular weight is 431 g/mol. The molecule has 2 saturated heterocycles. The summed E-state index contributed by atoms with van der Waals surface area (Å²) < 4.78 is 38.9. The van der Waals surface area contributed by atoms with Gasteiger partial charge in [-0.25, -0.2) is 0 Å². The number of nitrogens with one attached hydrogen (secondary N) is 1. The maximum Gasteiger partial charge on any atom is 0.416 e. The summed E-state index contributed by atoms with van der Waals surface area (Å²) in [6, 6.07) is 9.44. The number of amides is 2. The fourth-order valence-electron chi connectivity index (χ4n) is 4.15. The van der Waals surface area contributed by atoms with E-state index in [9.17, 15) is 22.8 Å². The van der Waals surface area contributed by atoms with E-state index >= 15 is 0 Å². The topological polar surface area (TPSA) is 52.7 Å². The second-order valence-corrected chi connectivity index (χ2v) is 7.96. The van der Waals surface area contributed by atoms with E-state index in [1.807, 2.05) is 11.0 Å². The molecule has 2 aromatic carbocycles. The maximum absolute atomic E-state index is 13.1. The molecule has 0 spiro atoms. The first kappa shape index (κ1) is 21.2. The van der Waals surface area contributed by atoms with Crippen LogP contribution in [0.2, 0.25) is 0 Å². The Morgan fingerprint density at radius 2 is 1.55 bits per heavy atom. The molecular weight excluding hydrogens is 407 g/mol. The number of rotatable bonds is 4. The largest absolute Gasteiger partial charge is 0.416 e. The number of benzene rings is 2. The van der Waals surface area contributed by atoms with Gasteiger partial charge in [-0.2, -0.15) is 13.2 Å². The molecule has 31 heavy (non-hydrogen) atoms. The Morgan fingerprint density at radius 1 is 0.871 bits per heavy atom. The molecule has 2 heterocycles. The number of hydrogen-bond acceptors (Lipinski definition) is 3. The van der Waals surface area contributed by atoms with Gasteiger partial charge < -0.3 is 15.1 Å². The third-order valence-corrected chi connectivity index (χ3v) is 5.78. The number of carbonyl (C=O) groups excluding carboxylic acids is 2. The Labute approximate surface area is 178 Å². The van der Waals surface area contributed by atoms with Crippen LogP contribution in [0, 0.1) is 0 Å². The Hall–Kier alpha value is -3.03. The third-order valence-electron chi connectivity index (χ3n) is 5.78. The standard InChI is InChI=1S/C23H24F3N3O2/c24-23(25,26)17-7-5-6-16(14-17)21(30)27-18-8-9-20(28-10-1-2-11-28)19(15-18)22(31)29-12-3-4-13-29/h5-9,14-15H,1-4,10-13H2,(H,27,30). The molecule has 2 aliphatic heterocycles. The average Bonchev–Trinajstić information content (AvgIpc) is 3.47. The number of halogens is 3. The highest BCUT2D eigenvalue weighted by Crippen LogP contribution is 2.31. The van der Waals surface area contributed by atoms with E-state index in [0.29, 0.717) is 24.3 Å². The minimum absolute atomic E-state index is 0.0745. The summed E-state index contributed by atoms with van der Waals surface area (Å²) in [5.74, 6) is -0.728. The van der Waals surface area contributed by atoms with E-state index in [2.05, 4.69) is 10.2 Å². The van der Waals surface area contributed by atoms with Crippen LogP contribution in [0.5, 0.6) is 0 Å². The molecular formula is C23H24F3N3O2. The van der Waals surface area contributed by atoms with Crippen molar-refractivity contribution in [3.8, 4) is 0 Å². The normalized spacial score (nSPS) is 16.6. The highest BCUT2D eigenvalue weighted by Gasteiger charge is 2.31. The number of hydrogen-bond donors (Lipinski definition) is 1. The van der Waals surface area contributed by atoms with Gasteiger partial charge in [-0.15, -0.1) is 0 Å². The number of alkyl halides is 3. The van der Waals surface area contributed by atoms with Crippen LogP contribution in [-0.4, -0.2) is 42.9 Å². The minimum atomic E-state index is -4.52. The lowest BCUT2D eigenvalue weighted by Crippen LogP contribution is -2.30. The van der Waals surface area contributed by atoms with Gasteiger partial charge in [0.25, 0.3) is 11.8 Å². The van der Waals surface area contributed by atoms with Gasteiger partial charge in [-0.05, 0) is 62.1 Å². The summed E-state index contributed by atoms with van der Waals surface area (Å²) in [5, 5.41) is 2.64. The molecule has 164 valence electrons. The van der Waals surface area contributed by atoms with Gasteiger partial charge in [0.15, 0.2) is 0 Å². The van der Waals surface area contributed by atoms with E-state index in [-0.39, 0.29) is 11.5 Å². The molecule has 0 aromatic heterocycles. The van der Waals surface area contributed by atoms with Crippen LogP contribution in [0.15, 0.2) is 42.5 Å². The molecule has 2 aromatic rings. The van der Waals surface area contributed by atoms with Gasteiger partial charge >= 0.3 is 6.18 Å². The van der Waals surface area contributed by atoms with Gasteiger partial charge in [0.1, 0.15) is 0 Å². The van der Waals surface area contributed by atoms with Crippen molar-refractivity contribution >= 4 is 23.2 Å². The molecule has 0 radical (unpaired) electrons. The van der Waals surface area contributed by atoms with Gasteiger partial charge in [0, 0.05) is 43.1 Å². The number of carbonyl (C=O) groups is 2. The van der Waals surface area contributed by atoms with Gasteiger partial charge in [-0.3, -0.25) is 9.59 Å². The van der Waals surface area contributed by atoms with Crippen molar-refractivity contribution in [2.45, 2.75) is 31.9 Å². The predicted molar refractivity (Wildman–Crippen MR) is 112 cm³/mol. The van der Waals surface area contributed by atoms with Crippen molar-refractivity contribution in [1.29, 1.82) is 0 Å². The van der Waals surface area contributed by atoms with Crippen LogP contribution in [0.25, 0.3) is 0 Å². The van der Waals surface area contributed by atoms with E-state index in [0.717, 1.165) is 56.6 Å². The summed E-state index contributed by atoms with van der Waals surface area (Å²) in [7, 11) is 0. The van der Waals surface area contributed by atoms with Crippen molar-refractivity contribution in [3.05, 3.63) is 59.2 Å². The SMILES string of the molecule is O=C(Nc1ccc(N2CCCC2)c(C(=O)N2CCCC2)c1)c1cccc(C(F)(F)F)c1. The second-order valence-electron chi connectivity index (χ2n) is 7.96. The molecule has 0 bridgehead atoms. The Morgan fingerprint density at radius 3 is 2.23 bits per heavy atom. The molecule has 0 saturated carbocycles. The van der Waals surface area contributed by atoms with Crippen LogP contribution >= 0.6 is 0 Å². The summed E-state index contributed by atoms with van der Waals surface area (Å²) in [6.07, 6.45) is -0.465. The minimum Gasteiger partial charge on any atom is -0.371 e. The Kier molecular flexibility index (Phi) is 5.89. The smallest absolute Gasteiger partial charge is 0.371 e. The van der Waals surface area contributed by atoms with Crippen molar-refractivity contribution in [2.75, 3.05) is 36.4 Å². The zero-order chi connectivity index (χ0) is 22.0. The summed E-state index contributed by atoms with van der Waals surface area (Å²) in [6.45, 7) is 3.16. The lowest BCUT2D eigenvalue weighted by Gasteiger charge is -2.24. The highest BCUT2D eigenvalue weighted by molar-refractivity contribution is 6.06. The molecule has 0 aliphatic carbocycles. The van der Waals surface area contributed by atoms with E-state index in [1.54, 1.807) is 12.1 Å².